The Bertz CT molecular complexity index is 466. The lowest BCUT2D eigenvalue weighted by Gasteiger charge is -2.34. The van der Waals surface area contributed by atoms with Crippen LogP contribution in [-0.2, 0) is 4.79 Å². The van der Waals surface area contributed by atoms with Gasteiger partial charge in [0, 0.05) is 56.7 Å². The van der Waals surface area contributed by atoms with Crippen molar-refractivity contribution < 1.29 is 4.79 Å². The van der Waals surface area contributed by atoms with Gasteiger partial charge in [-0.15, -0.1) is 24.0 Å². The molecule has 8 heteroatoms. The minimum atomic E-state index is 0. The van der Waals surface area contributed by atoms with E-state index in [9.17, 15) is 4.79 Å². The SMILES string of the molecule is CCCCN(C)CCNC(=NC)NC1CCC(C(=O)N2CCSCC2)CC1.I. The number of nitrogens with zero attached hydrogens (tertiary/aromatic N) is 3. The molecule has 2 rings (SSSR count). The Morgan fingerprint density at radius 2 is 1.86 bits per heavy atom. The van der Waals surface area contributed by atoms with Gasteiger partial charge in [-0.25, -0.2) is 0 Å². The van der Waals surface area contributed by atoms with Crippen molar-refractivity contribution >= 4 is 47.6 Å². The lowest BCUT2D eigenvalue weighted by molar-refractivity contribution is -0.136. The number of guanidine groups is 1. The van der Waals surface area contributed by atoms with Gasteiger partial charge < -0.3 is 20.4 Å². The van der Waals surface area contributed by atoms with Crippen LogP contribution in [0.4, 0.5) is 0 Å². The molecule has 164 valence electrons. The van der Waals surface area contributed by atoms with Crippen LogP contribution in [0.5, 0.6) is 0 Å². The van der Waals surface area contributed by atoms with Crippen LogP contribution in [0, 0.1) is 5.92 Å². The van der Waals surface area contributed by atoms with Crippen molar-refractivity contribution in [2.45, 2.75) is 51.5 Å². The molecule has 0 spiro atoms. The van der Waals surface area contributed by atoms with E-state index in [2.05, 4.69) is 39.4 Å². The number of likely N-dealkylation sites (N-methyl/N-ethyl adjacent to an activating group) is 1. The molecule has 2 aliphatic rings. The first-order chi connectivity index (χ1) is 13.1. The normalized spacial score (nSPS) is 23.3. The lowest BCUT2D eigenvalue weighted by atomic mass is 9.85. The van der Waals surface area contributed by atoms with Gasteiger partial charge in [0.2, 0.25) is 5.91 Å². The average Bonchev–Trinajstić information content (AvgIpc) is 2.72. The van der Waals surface area contributed by atoms with E-state index in [-0.39, 0.29) is 29.9 Å². The first-order valence-electron chi connectivity index (χ1n) is 10.7. The Balaban J connectivity index is 0.00000392. The van der Waals surface area contributed by atoms with Crippen LogP contribution < -0.4 is 10.6 Å². The van der Waals surface area contributed by atoms with Gasteiger partial charge in [0.05, 0.1) is 0 Å². The number of rotatable bonds is 8. The van der Waals surface area contributed by atoms with Gasteiger partial charge in [0.25, 0.3) is 0 Å². The summed E-state index contributed by atoms with van der Waals surface area (Å²) < 4.78 is 0. The fourth-order valence-electron chi connectivity index (χ4n) is 3.82. The number of thioether (sulfide) groups is 1. The Hall–Kier alpha value is -0.220. The second kappa shape index (κ2) is 14.7. The largest absolute Gasteiger partial charge is 0.355 e. The van der Waals surface area contributed by atoms with Crippen molar-refractivity contribution in [1.29, 1.82) is 0 Å². The number of amides is 1. The van der Waals surface area contributed by atoms with Crippen molar-refractivity contribution in [1.82, 2.24) is 20.4 Å². The first-order valence-corrected chi connectivity index (χ1v) is 11.8. The Labute approximate surface area is 193 Å². The number of unbranched alkanes of at least 4 members (excludes halogenated alkanes) is 1. The highest BCUT2D eigenvalue weighted by Crippen LogP contribution is 2.27. The summed E-state index contributed by atoms with van der Waals surface area (Å²) in [7, 11) is 4.01. The van der Waals surface area contributed by atoms with E-state index < -0.39 is 0 Å². The summed E-state index contributed by atoms with van der Waals surface area (Å²) in [5.41, 5.74) is 0. The van der Waals surface area contributed by atoms with Gasteiger partial charge in [-0.2, -0.15) is 11.8 Å². The monoisotopic (exact) mass is 525 g/mol. The number of hydrogen-bond donors (Lipinski definition) is 2. The minimum Gasteiger partial charge on any atom is -0.355 e. The Kier molecular flexibility index (Phi) is 13.6. The summed E-state index contributed by atoms with van der Waals surface area (Å²) in [6.45, 7) is 7.18. The molecule has 1 heterocycles. The molecular weight excluding hydrogens is 485 g/mol. The van der Waals surface area contributed by atoms with E-state index in [4.69, 9.17) is 0 Å². The molecule has 0 unspecified atom stereocenters. The third-order valence-corrected chi connectivity index (χ3v) is 6.59. The van der Waals surface area contributed by atoms with Gasteiger partial charge >= 0.3 is 0 Å². The van der Waals surface area contributed by atoms with Crippen LogP contribution in [0.3, 0.4) is 0 Å². The smallest absolute Gasteiger partial charge is 0.225 e. The summed E-state index contributed by atoms with van der Waals surface area (Å²) >= 11 is 1.96. The van der Waals surface area contributed by atoms with Gasteiger partial charge in [0.15, 0.2) is 5.96 Å². The van der Waals surface area contributed by atoms with Crippen molar-refractivity contribution in [2.24, 2.45) is 10.9 Å². The summed E-state index contributed by atoms with van der Waals surface area (Å²) in [5, 5.41) is 6.98. The molecule has 6 nitrogen and oxygen atoms in total. The molecule has 1 aliphatic carbocycles. The molecule has 0 aromatic carbocycles. The molecule has 0 atom stereocenters. The maximum absolute atomic E-state index is 12.7. The van der Waals surface area contributed by atoms with E-state index in [1.54, 1.807) is 0 Å². The number of halogens is 1. The summed E-state index contributed by atoms with van der Waals surface area (Å²) in [4.78, 5) is 21.5. The van der Waals surface area contributed by atoms with E-state index in [1.165, 1.54) is 12.8 Å². The summed E-state index contributed by atoms with van der Waals surface area (Å²) in [6, 6.07) is 0.426. The Morgan fingerprint density at radius 1 is 1.18 bits per heavy atom. The molecule has 2 fully saturated rings. The highest BCUT2D eigenvalue weighted by atomic mass is 127. The fraction of sp³-hybridized carbons (Fsp3) is 0.900. The van der Waals surface area contributed by atoms with Crippen LogP contribution in [0.2, 0.25) is 0 Å². The number of carbonyl (C=O) groups is 1. The minimum absolute atomic E-state index is 0. The molecule has 0 radical (unpaired) electrons. The summed E-state index contributed by atoms with van der Waals surface area (Å²) in [6.07, 6.45) is 6.59. The average molecular weight is 526 g/mol. The maximum atomic E-state index is 12.7. The predicted octanol–water partition coefficient (Wildman–Crippen LogP) is 2.64. The molecular formula is C20H40IN5OS. The molecule has 1 saturated carbocycles. The molecule has 2 N–H and O–H groups in total. The van der Waals surface area contributed by atoms with Gasteiger partial charge in [-0.05, 0) is 45.7 Å². The standard InChI is InChI=1S/C20H39N5OS.HI/c1-4-5-11-24(3)12-10-22-20(21-2)23-18-8-6-17(7-9-18)19(26)25-13-15-27-16-14-25;/h17-18H,4-16H2,1-3H3,(H2,21,22,23);1H. The van der Waals surface area contributed by atoms with Crippen molar-refractivity contribution in [2.75, 3.05) is 58.3 Å². The molecule has 1 aliphatic heterocycles. The number of nitrogens with one attached hydrogen (secondary N) is 2. The van der Waals surface area contributed by atoms with E-state index in [1.807, 2.05) is 18.8 Å². The van der Waals surface area contributed by atoms with Crippen LogP contribution in [0.25, 0.3) is 0 Å². The van der Waals surface area contributed by atoms with Crippen molar-refractivity contribution in [3.63, 3.8) is 0 Å². The highest BCUT2D eigenvalue weighted by Gasteiger charge is 2.30. The van der Waals surface area contributed by atoms with E-state index >= 15 is 0 Å². The molecule has 0 aromatic rings. The second-order valence-corrected chi connectivity index (χ2v) is 9.01. The number of carbonyl (C=O) groups excluding carboxylic acids is 1. The van der Waals surface area contributed by atoms with Gasteiger partial charge in [-0.1, -0.05) is 13.3 Å². The zero-order chi connectivity index (χ0) is 19.5. The molecule has 1 amide bonds. The third-order valence-electron chi connectivity index (χ3n) is 5.64. The van der Waals surface area contributed by atoms with Gasteiger partial charge in [-0.3, -0.25) is 9.79 Å². The van der Waals surface area contributed by atoms with Crippen molar-refractivity contribution in [3.05, 3.63) is 0 Å². The lowest BCUT2D eigenvalue weighted by Crippen LogP contribution is -2.48. The first kappa shape index (κ1) is 25.8. The molecule has 1 saturated heterocycles. The molecule has 0 aromatic heterocycles. The van der Waals surface area contributed by atoms with Gasteiger partial charge in [0.1, 0.15) is 0 Å². The number of aliphatic imine (C=N–C) groups is 1. The molecule has 28 heavy (non-hydrogen) atoms. The third kappa shape index (κ3) is 9.07. The highest BCUT2D eigenvalue weighted by molar-refractivity contribution is 14.0. The molecule has 0 bridgehead atoms. The topological polar surface area (TPSA) is 60.0 Å². The van der Waals surface area contributed by atoms with Crippen LogP contribution in [0.1, 0.15) is 45.4 Å². The Morgan fingerprint density at radius 3 is 2.46 bits per heavy atom. The second-order valence-electron chi connectivity index (χ2n) is 7.79. The van der Waals surface area contributed by atoms with E-state index in [0.29, 0.717) is 11.9 Å². The zero-order valence-electron chi connectivity index (χ0n) is 17.9. The summed E-state index contributed by atoms with van der Waals surface area (Å²) in [5.74, 6) is 3.71. The van der Waals surface area contributed by atoms with Crippen LogP contribution >= 0.6 is 35.7 Å². The quantitative estimate of drug-likeness (QED) is 0.290. The van der Waals surface area contributed by atoms with Crippen LogP contribution in [0.15, 0.2) is 4.99 Å². The van der Waals surface area contributed by atoms with E-state index in [0.717, 1.165) is 75.9 Å². The zero-order valence-corrected chi connectivity index (χ0v) is 21.1. The predicted molar refractivity (Wildman–Crippen MR) is 132 cm³/mol. The van der Waals surface area contributed by atoms with Crippen molar-refractivity contribution in [3.8, 4) is 0 Å². The van der Waals surface area contributed by atoms with Crippen LogP contribution in [-0.4, -0.2) is 86.0 Å². The fourth-order valence-corrected chi connectivity index (χ4v) is 4.72. The number of hydrogen-bond acceptors (Lipinski definition) is 4. The maximum Gasteiger partial charge on any atom is 0.225 e.